The molecular weight excluding hydrogens is 252 g/mol. The van der Waals surface area contributed by atoms with Crippen LogP contribution in [0.1, 0.15) is 31.7 Å². The average molecular weight is 276 g/mol. The van der Waals surface area contributed by atoms with Gasteiger partial charge in [-0.3, -0.25) is 0 Å². The van der Waals surface area contributed by atoms with E-state index in [1.165, 1.54) is 0 Å². The van der Waals surface area contributed by atoms with Crippen molar-refractivity contribution in [1.82, 2.24) is 5.32 Å². The molecule has 0 heterocycles. The Balaban J connectivity index is 2.47. The Bertz CT molecular complexity index is 436. The van der Waals surface area contributed by atoms with Gasteiger partial charge in [-0.15, -0.1) is 0 Å². The van der Waals surface area contributed by atoms with Crippen LogP contribution in [0.15, 0.2) is 24.3 Å². The first-order valence-electron chi connectivity index (χ1n) is 7.13. The maximum atomic E-state index is 9.23. The molecule has 1 atom stereocenters. The fraction of sp³-hybridized carbons (Fsp3) is 0.562. The highest BCUT2D eigenvalue weighted by Crippen LogP contribution is 2.20. The quantitative estimate of drug-likeness (QED) is 0.679. The molecule has 1 aromatic rings. The summed E-state index contributed by atoms with van der Waals surface area (Å²) in [5.41, 5.74) is 0.569. The highest BCUT2D eigenvalue weighted by atomic mass is 16.5. The lowest BCUT2D eigenvalue weighted by Gasteiger charge is -2.24. The van der Waals surface area contributed by atoms with E-state index in [1.807, 2.05) is 38.2 Å². The molecule has 0 radical (unpaired) electrons. The maximum Gasteiger partial charge on any atom is 0.122 e. The number of benzene rings is 1. The molecule has 0 bridgehead atoms. The number of aliphatic hydroxyl groups is 1. The van der Waals surface area contributed by atoms with E-state index in [4.69, 9.17) is 9.84 Å². The van der Waals surface area contributed by atoms with Crippen LogP contribution in [-0.4, -0.2) is 30.9 Å². The predicted octanol–water partition coefficient (Wildman–Crippen LogP) is 2.27. The molecule has 20 heavy (non-hydrogen) atoms. The Hall–Kier alpha value is -1.57. The number of nitriles is 1. The lowest BCUT2D eigenvalue weighted by molar-refractivity contribution is 0.272. The van der Waals surface area contributed by atoms with Crippen LogP contribution in [0, 0.1) is 11.3 Å². The lowest BCUT2D eigenvalue weighted by atomic mass is 9.92. The van der Waals surface area contributed by atoms with Gasteiger partial charge in [0.25, 0.3) is 0 Å². The summed E-state index contributed by atoms with van der Waals surface area (Å²) in [5.74, 6) is 0.824. The SMILES string of the molecule is CCC(C#N)(CCCOc1ccccc1CCO)NC. The van der Waals surface area contributed by atoms with Gasteiger partial charge in [-0.1, -0.05) is 25.1 Å². The minimum atomic E-state index is -0.450. The summed E-state index contributed by atoms with van der Waals surface area (Å²) in [7, 11) is 1.82. The second kappa shape index (κ2) is 8.57. The predicted molar refractivity (Wildman–Crippen MR) is 79.7 cm³/mol. The van der Waals surface area contributed by atoms with Gasteiger partial charge in [0.05, 0.1) is 12.7 Å². The highest BCUT2D eigenvalue weighted by molar-refractivity contribution is 5.33. The summed E-state index contributed by atoms with van der Waals surface area (Å²) in [6.45, 7) is 2.71. The number of hydrogen-bond acceptors (Lipinski definition) is 4. The lowest BCUT2D eigenvalue weighted by Crippen LogP contribution is -2.41. The van der Waals surface area contributed by atoms with Gasteiger partial charge in [-0.05, 0) is 44.4 Å². The number of ether oxygens (including phenoxy) is 1. The van der Waals surface area contributed by atoms with Crippen LogP contribution in [0.25, 0.3) is 0 Å². The van der Waals surface area contributed by atoms with Crippen molar-refractivity contribution in [3.63, 3.8) is 0 Å². The van der Waals surface area contributed by atoms with Crippen LogP contribution >= 0.6 is 0 Å². The Morgan fingerprint density at radius 2 is 2.15 bits per heavy atom. The molecule has 0 aromatic heterocycles. The Kier molecular flexibility index (Phi) is 7.06. The Morgan fingerprint density at radius 1 is 1.40 bits per heavy atom. The molecule has 0 aliphatic rings. The van der Waals surface area contributed by atoms with Crippen molar-refractivity contribution in [3.05, 3.63) is 29.8 Å². The fourth-order valence-electron chi connectivity index (χ4n) is 2.20. The van der Waals surface area contributed by atoms with E-state index in [0.717, 1.165) is 30.6 Å². The van der Waals surface area contributed by atoms with Crippen molar-refractivity contribution < 1.29 is 9.84 Å². The normalized spacial score (nSPS) is 13.5. The van der Waals surface area contributed by atoms with Gasteiger partial charge in [-0.25, -0.2) is 0 Å². The van der Waals surface area contributed by atoms with Gasteiger partial charge in [0, 0.05) is 6.61 Å². The zero-order valence-electron chi connectivity index (χ0n) is 12.4. The van der Waals surface area contributed by atoms with Crippen LogP contribution in [0.3, 0.4) is 0 Å². The smallest absolute Gasteiger partial charge is 0.122 e. The Morgan fingerprint density at radius 3 is 2.75 bits per heavy atom. The fourth-order valence-corrected chi connectivity index (χ4v) is 2.20. The number of para-hydroxylation sites is 1. The molecule has 0 aliphatic carbocycles. The third kappa shape index (κ3) is 4.52. The van der Waals surface area contributed by atoms with Crippen molar-refractivity contribution in [2.75, 3.05) is 20.3 Å². The summed E-state index contributed by atoms with van der Waals surface area (Å²) in [5, 5.41) is 21.3. The van der Waals surface area contributed by atoms with Crippen LogP contribution in [0.2, 0.25) is 0 Å². The van der Waals surface area contributed by atoms with Gasteiger partial charge >= 0.3 is 0 Å². The minimum absolute atomic E-state index is 0.119. The van der Waals surface area contributed by atoms with Gasteiger partial charge in [-0.2, -0.15) is 5.26 Å². The third-order valence-electron chi connectivity index (χ3n) is 3.66. The molecule has 1 aromatic carbocycles. The number of nitrogens with zero attached hydrogens (tertiary/aromatic N) is 1. The number of aliphatic hydroxyl groups excluding tert-OH is 1. The van der Waals surface area contributed by atoms with Crippen LogP contribution in [-0.2, 0) is 6.42 Å². The topological polar surface area (TPSA) is 65.3 Å². The van der Waals surface area contributed by atoms with Crippen LogP contribution in [0.4, 0.5) is 0 Å². The molecule has 0 amide bonds. The van der Waals surface area contributed by atoms with Crippen molar-refractivity contribution in [1.29, 1.82) is 5.26 Å². The number of nitrogens with one attached hydrogen (secondary N) is 1. The summed E-state index contributed by atoms with van der Waals surface area (Å²) in [6.07, 6.45) is 2.96. The van der Waals surface area contributed by atoms with E-state index in [2.05, 4.69) is 11.4 Å². The van der Waals surface area contributed by atoms with E-state index in [1.54, 1.807) is 0 Å². The molecule has 110 valence electrons. The molecule has 0 aliphatic heterocycles. The highest BCUT2D eigenvalue weighted by Gasteiger charge is 2.24. The monoisotopic (exact) mass is 276 g/mol. The second-order valence-corrected chi connectivity index (χ2v) is 4.83. The minimum Gasteiger partial charge on any atom is -0.493 e. The van der Waals surface area contributed by atoms with Crippen molar-refractivity contribution in [2.24, 2.45) is 0 Å². The number of hydrogen-bond donors (Lipinski definition) is 2. The summed E-state index contributed by atoms with van der Waals surface area (Å²) in [6, 6.07) is 10.1. The van der Waals surface area contributed by atoms with E-state index in [9.17, 15) is 5.26 Å². The molecule has 0 fully saturated rings. The molecule has 0 saturated carbocycles. The molecule has 1 unspecified atom stereocenters. The van der Waals surface area contributed by atoms with E-state index in [-0.39, 0.29) is 6.61 Å². The summed E-state index contributed by atoms with van der Waals surface area (Å²) in [4.78, 5) is 0. The van der Waals surface area contributed by atoms with Crippen LogP contribution < -0.4 is 10.1 Å². The largest absolute Gasteiger partial charge is 0.493 e. The Labute approximate surface area is 121 Å². The van der Waals surface area contributed by atoms with Gasteiger partial charge in [0.15, 0.2) is 0 Å². The maximum absolute atomic E-state index is 9.23. The zero-order chi connectivity index (χ0) is 14.8. The first kappa shape index (κ1) is 16.5. The van der Waals surface area contributed by atoms with E-state index in [0.29, 0.717) is 13.0 Å². The molecule has 0 saturated heterocycles. The summed E-state index contributed by atoms with van der Waals surface area (Å²) < 4.78 is 5.77. The molecule has 4 heteroatoms. The van der Waals surface area contributed by atoms with Crippen molar-refractivity contribution >= 4 is 0 Å². The van der Waals surface area contributed by atoms with Crippen LogP contribution in [0.5, 0.6) is 5.75 Å². The average Bonchev–Trinajstić information content (AvgIpc) is 2.50. The van der Waals surface area contributed by atoms with Crippen molar-refractivity contribution in [3.8, 4) is 11.8 Å². The van der Waals surface area contributed by atoms with Gasteiger partial charge in [0.2, 0.25) is 0 Å². The standard InChI is InChI=1S/C16H24N2O2/c1-3-16(13-17,18-2)10-6-12-20-15-8-5-4-7-14(15)9-11-19/h4-5,7-8,18-19H,3,6,9-12H2,1-2H3. The summed E-state index contributed by atoms with van der Waals surface area (Å²) >= 11 is 0. The second-order valence-electron chi connectivity index (χ2n) is 4.83. The molecule has 2 N–H and O–H groups in total. The van der Waals surface area contributed by atoms with Gasteiger partial charge < -0.3 is 15.2 Å². The first-order valence-corrected chi connectivity index (χ1v) is 7.13. The van der Waals surface area contributed by atoms with Crippen molar-refractivity contribution in [2.45, 2.75) is 38.1 Å². The third-order valence-corrected chi connectivity index (χ3v) is 3.66. The first-order chi connectivity index (χ1) is 9.71. The van der Waals surface area contributed by atoms with Gasteiger partial charge in [0.1, 0.15) is 11.3 Å². The molecule has 4 nitrogen and oxygen atoms in total. The molecule has 0 spiro atoms. The molecule has 1 rings (SSSR count). The zero-order valence-corrected chi connectivity index (χ0v) is 12.4. The van der Waals surface area contributed by atoms with E-state index >= 15 is 0 Å². The number of rotatable bonds is 9. The molecular formula is C16H24N2O2. The van der Waals surface area contributed by atoms with E-state index < -0.39 is 5.54 Å².